The molecule has 0 aliphatic carbocycles. The molecule has 1 aliphatic heterocycles. The van der Waals surface area contributed by atoms with E-state index in [1.807, 2.05) is 6.07 Å². The van der Waals surface area contributed by atoms with Gasteiger partial charge in [-0.15, -0.1) is 0 Å². The standard InChI is InChI=1S/C18H30N2O/c1-5-17(19)18(14-7-6-8-16(11-14)21-4)20-10-9-15(12-20)13(2)3/h6-8,11,13,15,17-18H,5,9-10,12,19H2,1-4H3. The van der Waals surface area contributed by atoms with Crippen molar-refractivity contribution in [2.45, 2.75) is 45.7 Å². The normalized spacial score (nSPS) is 22.5. The lowest BCUT2D eigenvalue weighted by atomic mass is 9.94. The van der Waals surface area contributed by atoms with Gasteiger partial charge in [0.1, 0.15) is 5.75 Å². The predicted octanol–water partition coefficient (Wildman–Crippen LogP) is 3.45. The summed E-state index contributed by atoms with van der Waals surface area (Å²) < 4.78 is 5.38. The Hall–Kier alpha value is -1.06. The van der Waals surface area contributed by atoms with Crippen LogP contribution in [0.5, 0.6) is 5.75 Å². The van der Waals surface area contributed by atoms with Gasteiger partial charge in [0.2, 0.25) is 0 Å². The zero-order valence-corrected chi connectivity index (χ0v) is 13.9. The van der Waals surface area contributed by atoms with E-state index in [-0.39, 0.29) is 6.04 Å². The molecule has 0 amide bonds. The van der Waals surface area contributed by atoms with E-state index in [1.165, 1.54) is 12.0 Å². The maximum atomic E-state index is 6.46. The van der Waals surface area contributed by atoms with E-state index in [4.69, 9.17) is 10.5 Å². The van der Waals surface area contributed by atoms with Crippen LogP contribution in [0.3, 0.4) is 0 Å². The van der Waals surface area contributed by atoms with Gasteiger partial charge in [0.15, 0.2) is 0 Å². The minimum atomic E-state index is 0.169. The predicted molar refractivity (Wildman–Crippen MR) is 88.5 cm³/mol. The van der Waals surface area contributed by atoms with Crippen LogP contribution < -0.4 is 10.5 Å². The van der Waals surface area contributed by atoms with Crippen molar-refractivity contribution in [2.24, 2.45) is 17.6 Å². The topological polar surface area (TPSA) is 38.5 Å². The molecule has 1 aromatic carbocycles. The molecule has 3 unspecified atom stereocenters. The van der Waals surface area contributed by atoms with Crippen LogP contribution in [0.1, 0.15) is 45.2 Å². The second kappa shape index (κ2) is 7.28. The molecule has 0 bridgehead atoms. The highest BCUT2D eigenvalue weighted by molar-refractivity contribution is 5.31. The Balaban J connectivity index is 2.22. The molecule has 0 spiro atoms. The van der Waals surface area contributed by atoms with Gasteiger partial charge in [0.05, 0.1) is 13.2 Å². The fraction of sp³-hybridized carbons (Fsp3) is 0.667. The maximum absolute atomic E-state index is 6.46. The smallest absolute Gasteiger partial charge is 0.119 e. The molecule has 1 heterocycles. The van der Waals surface area contributed by atoms with E-state index in [1.54, 1.807) is 7.11 Å². The molecule has 3 atom stereocenters. The van der Waals surface area contributed by atoms with E-state index in [2.05, 4.69) is 43.9 Å². The number of benzene rings is 1. The van der Waals surface area contributed by atoms with Gasteiger partial charge in [0, 0.05) is 12.6 Å². The van der Waals surface area contributed by atoms with E-state index in [9.17, 15) is 0 Å². The maximum Gasteiger partial charge on any atom is 0.119 e. The average molecular weight is 290 g/mol. The fourth-order valence-electron chi connectivity index (χ4n) is 3.39. The van der Waals surface area contributed by atoms with Gasteiger partial charge < -0.3 is 10.5 Å². The monoisotopic (exact) mass is 290 g/mol. The molecule has 0 saturated carbocycles. The number of rotatable bonds is 6. The largest absolute Gasteiger partial charge is 0.497 e. The number of hydrogen-bond donors (Lipinski definition) is 1. The fourth-order valence-corrected chi connectivity index (χ4v) is 3.39. The summed E-state index contributed by atoms with van der Waals surface area (Å²) in [6.07, 6.45) is 2.28. The number of ether oxygens (including phenoxy) is 1. The van der Waals surface area contributed by atoms with Gasteiger partial charge in [-0.05, 0) is 48.9 Å². The highest BCUT2D eigenvalue weighted by Crippen LogP contribution is 2.34. The summed E-state index contributed by atoms with van der Waals surface area (Å²) in [7, 11) is 1.72. The molecule has 1 saturated heterocycles. The van der Waals surface area contributed by atoms with Crippen LogP contribution >= 0.6 is 0 Å². The molecular formula is C18H30N2O. The Labute approximate surface area is 129 Å². The van der Waals surface area contributed by atoms with Crippen molar-refractivity contribution in [2.75, 3.05) is 20.2 Å². The quantitative estimate of drug-likeness (QED) is 0.872. The summed E-state index contributed by atoms with van der Waals surface area (Å²) >= 11 is 0. The lowest BCUT2D eigenvalue weighted by Gasteiger charge is -2.33. The third-order valence-electron chi connectivity index (χ3n) is 4.90. The second-order valence-electron chi connectivity index (χ2n) is 6.58. The van der Waals surface area contributed by atoms with Crippen molar-refractivity contribution in [3.8, 4) is 5.75 Å². The summed E-state index contributed by atoms with van der Waals surface area (Å²) in [5.74, 6) is 2.46. The highest BCUT2D eigenvalue weighted by Gasteiger charge is 2.33. The van der Waals surface area contributed by atoms with Crippen molar-refractivity contribution in [1.29, 1.82) is 0 Å². The first-order valence-electron chi connectivity index (χ1n) is 8.20. The van der Waals surface area contributed by atoms with Crippen LogP contribution in [0.25, 0.3) is 0 Å². The molecule has 2 rings (SSSR count). The average Bonchev–Trinajstić information content (AvgIpc) is 2.97. The first-order valence-corrected chi connectivity index (χ1v) is 8.20. The van der Waals surface area contributed by atoms with Crippen LogP contribution in [-0.4, -0.2) is 31.1 Å². The van der Waals surface area contributed by atoms with Gasteiger partial charge >= 0.3 is 0 Å². The zero-order chi connectivity index (χ0) is 15.4. The van der Waals surface area contributed by atoms with Crippen LogP contribution in [-0.2, 0) is 0 Å². The first-order chi connectivity index (χ1) is 10.1. The zero-order valence-electron chi connectivity index (χ0n) is 13.9. The second-order valence-corrected chi connectivity index (χ2v) is 6.58. The molecule has 0 radical (unpaired) electrons. The van der Waals surface area contributed by atoms with Crippen LogP contribution in [0.2, 0.25) is 0 Å². The number of nitrogens with two attached hydrogens (primary N) is 1. The molecule has 118 valence electrons. The van der Waals surface area contributed by atoms with Gasteiger partial charge in [-0.2, -0.15) is 0 Å². The van der Waals surface area contributed by atoms with Crippen molar-refractivity contribution in [3.63, 3.8) is 0 Å². The summed E-state index contributed by atoms with van der Waals surface area (Å²) in [5.41, 5.74) is 7.74. The Morgan fingerprint density at radius 2 is 2.14 bits per heavy atom. The molecule has 0 aromatic heterocycles. The molecule has 3 heteroatoms. The summed E-state index contributed by atoms with van der Waals surface area (Å²) in [5, 5.41) is 0. The van der Waals surface area contributed by atoms with Crippen molar-refractivity contribution in [3.05, 3.63) is 29.8 Å². The third kappa shape index (κ3) is 3.78. The van der Waals surface area contributed by atoms with Crippen LogP contribution in [0.4, 0.5) is 0 Å². The molecule has 1 fully saturated rings. The van der Waals surface area contributed by atoms with Gasteiger partial charge in [-0.1, -0.05) is 32.9 Å². The van der Waals surface area contributed by atoms with E-state index >= 15 is 0 Å². The molecular weight excluding hydrogens is 260 g/mol. The van der Waals surface area contributed by atoms with Gasteiger partial charge in [0.25, 0.3) is 0 Å². The minimum absolute atomic E-state index is 0.169. The Kier molecular flexibility index (Phi) is 5.65. The Morgan fingerprint density at radius 1 is 1.38 bits per heavy atom. The summed E-state index contributed by atoms with van der Waals surface area (Å²) in [6, 6.07) is 8.86. The van der Waals surface area contributed by atoms with E-state index in [0.717, 1.165) is 37.1 Å². The van der Waals surface area contributed by atoms with Gasteiger partial charge in [-0.25, -0.2) is 0 Å². The molecule has 2 N–H and O–H groups in total. The molecule has 1 aliphatic rings. The minimum Gasteiger partial charge on any atom is -0.497 e. The Bertz CT molecular complexity index is 447. The van der Waals surface area contributed by atoms with E-state index < -0.39 is 0 Å². The van der Waals surface area contributed by atoms with Gasteiger partial charge in [-0.3, -0.25) is 4.90 Å². The SMILES string of the molecule is CCC(N)C(c1cccc(OC)c1)N1CCC(C(C)C)C1. The highest BCUT2D eigenvalue weighted by atomic mass is 16.5. The number of hydrogen-bond acceptors (Lipinski definition) is 3. The Morgan fingerprint density at radius 3 is 2.71 bits per heavy atom. The number of likely N-dealkylation sites (tertiary alicyclic amines) is 1. The van der Waals surface area contributed by atoms with E-state index in [0.29, 0.717) is 6.04 Å². The molecule has 21 heavy (non-hydrogen) atoms. The van der Waals surface area contributed by atoms with Crippen LogP contribution in [0, 0.1) is 11.8 Å². The number of nitrogens with zero attached hydrogens (tertiary/aromatic N) is 1. The van der Waals surface area contributed by atoms with Crippen molar-refractivity contribution >= 4 is 0 Å². The summed E-state index contributed by atoms with van der Waals surface area (Å²) in [4.78, 5) is 2.58. The summed E-state index contributed by atoms with van der Waals surface area (Å²) in [6.45, 7) is 9.14. The lowest BCUT2D eigenvalue weighted by molar-refractivity contribution is 0.195. The van der Waals surface area contributed by atoms with Crippen molar-refractivity contribution < 1.29 is 4.74 Å². The lowest BCUT2D eigenvalue weighted by Crippen LogP contribution is -2.40. The number of methoxy groups -OCH3 is 1. The van der Waals surface area contributed by atoms with Crippen LogP contribution in [0.15, 0.2) is 24.3 Å². The molecule has 3 nitrogen and oxygen atoms in total. The molecule has 1 aromatic rings. The first kappa shape index (κ1) is 16.3. The van der Waals surface area contributed by atoms with Crippen molar-refractivity contribution in [1.82, 2.24) is 4.90 Å². The third-order valence-corrected chi connectivity index (χ3v) is 4.90.